The van der Waals surface area contributed by atoms with E-state index in [2.05, 4.69) is 24.4 Å². The first-order chi connectivity index (χ1) is 11.8. The van der Waals surface area contributed by atoms with Crippen molar-refractivity contribution in [3.63, 3.8) is 0 Å². The maximum absolute atomic E-state index is 12.2. The highest BCUT2D eigenvalue weighted by Gasteiger charge is 2.21. The van der Waals surface area contributed by atoms with Gasteiger partial charge in [0.15, 0.2) is 0 Å². The summed E-state index contributed by atoms with van der Waals surface area (Å²) in [5.41, 5.74) is 5.07. The van der Waals surface area contributed by atoms with Crippen LogP contribution in [0.5, 0.6) is 0 Å². The van der Waals surface area contributed by atoms with Crippen LogP contribution in [0.15, 0.2) is 29.4 Å². The van der Waals surface area contributed by atoms with Crippen molar-refractivity contribution in [1.29, 1.82) is 0 Å². The van der Waals surface area contributed by atoms with Crippen LogP contribution in [0.4, 0.5) is 5.69 Å². The Hall–Kier alpha value is -1.89. The Morgan fingerprint density at radius 2 is 1.76 bits per heavy atom. The largest absolute Gasteiger partial charge is 0.271 e. The summed E-state index contributed by atoms with van der Waals surface area (Å²) in [5, 5.41) is 4.14. The van der Waals surface area contributed by atoms with Crippen molar-refractivity contribution in [2.24, 2.45) is 5.10 Å². The third-order valence-corrected chi connectivity index (χ3v) is 5.45. The van der Waals surface area contributed by atoms with Gasteiger partial charge in [-0.2, -0.15) is 5.10 Å². The van der Waals surface area contributed by atoms with Gasteiger partial charge in [0.1, 0.15) is 6.54 Å². The van der Waals surface area contributed by atoms with Crippen LogP contribution in [0, 0.1) is 0 Å². The van der Waals surface area contributed by atoms with E-state index in [1.165, 1.54) is 6.42 Å². The topological polar surface area (TPSA) is 78.8 Å². The number of benzene rings is 1. The molecule has 1 aliphatic rings. The maximum Gasteiger partial charge on any atom is 0.260 e. The van der Waals surface area contributed by atoms with Crippen molar-refractivity contribution in [2.45, 2.75) is 51.9 Å². The lowest BCUT2D eigenvalue weighted by atomic mass is 9.99. The molecule has 0 spiro atoms. The van der Waals surface area contributed by atoms with E-state index in [1.54, 1.807) is 12.1 Å². The fourth-order valence-electron chi connectivity index (χ4n) is 2.80. The number of carbonyl (C=O) groups excluding carboxylic acids is 1. The van der Waals surface area contributed by atoms with Gasteiger partial charge in [-0.05, 0) is 49.3 Å². The monoisotopic (exact) mass is 365 g/mol. The fourth-order valence-corrected chi connectivity index (χ4v) is 3.66. The van der Waals surface area contributed by atoms with Crippen molar-refractivity contribution >= 4 is 27.3 Å². The first kappa shape index (κ1) is 19.4. The molecular weight excluding hydrogens is 338 g/mol. The van der Waals surface area contributed by atoms with E-state index >= 15 is 0 Å². The molecule has 1 fully saturated rings. The predicted octanol–water partition coefficient (Wildman–Crippen LogP) is 3.01. The Labute approximate surface area is 150 Å². The van der Waals surface area contributed by atoms with Crippen LogP contribution < -0.4 is 9.73 Å². The van der Waals surface area contributed by atoms with Crippen molar-refractivity contribution < 1.29 is 13.2 Å². The molecule has 0 aromatic heterocycles. The minimum atomic E-state index is -3.57. The van der Waals surface area contributed by atoms with Crippen LogP contribution in [0.2, 0.25) is 0 Å². The van der Waals surface area contributed by atoms with E-state index in [4.69, 9.17) is 0 Å². The third kappa shape index (κ3) is 5.85. The molecule has 6 nitrogen and oxygen atoms in total. The normalized spacial score (nSPS) is 15.1. The molecule has 0 aliphatic heterocycles. The summed E-state index contributed by atoms with van der Waals surface area (Å²) in [6, 6.07) is 7.24. The molecule has 2 rings (SSSR count). The fraction of sp³-hybridized carbons (Fsp3) is 0.556. The van der Waals surface area contributed by atoms with Crippen molar-refractivity contribution in [3.8, 4) is 0 Å². The SMILES string of the molecule is CC(C)c1ccc(N(CC(=O)NN=C2CCCCC2)S(C)(=O)=O)cc1. The first-order valence-electron chi connectivity index (χ1n) is 8.69. The Kier molecular flexibility index (Phi) is 6.58. The highest BCUT2D eigenvalue weighted by Crippen LogP contribution is 2.22. The van der Waals surface area contributed by atoms with Crippen LogP contribution in [0.1, 0.15) is 57.4 Å². The Bertz CT molecular complexity index is 716. The number of hydrazone groups is 1. The average molecular weight is 365 g/mol. The molecule has 1 aromatic carbocycles. The minimum Gasteiger partial charge on any atom is -0.271 e. The predicted molar refractivity (Wildman–Crippen MR) is 101 cm³/mol. The van der Waals surface area contributed by atoms with Gasteiger partial charge in [0.05, 0.1) is 11.9 Å². The maximum atomic E-state index is 12.2. The lowest BCUT2D eigenvalue weighted by Gasteiger charge is -2.22. The molecule has 0 atom stereocenters. The van der Waals surface area contributed by atoms with Crippen molar-refractivity contribution in [2.75, 3.05) is 17.1 Å². The number of hydrogen-bond acceptors (Lipinski definition) is 4. The molecule has 0 radical (unpaired) electrons. The second kappa shape index (κ2) is 8.47. The zero-order valence-electron chi connectivity index (χ0n) is 15.2. The van der Waals surface area contributed by atoms with E-state index in [-0.39, 0.29) is 6.54 Å². The summed E-state index contributed by atoms with van der Waals surface area (Å²) in [7, 11) is -3.57. The summed E-state index contributed by atoms with van der Waals surface area (Å²) in [6.45, 7) is 3.86. The van der Waals surface area contributed by atoms with Gasteiger partial charge in [0.2, 0.25) is 10.0 Å². The first-order valence-corrected chi connectivity index (χ1v) is 10.5. The third-order valence-electron chi connectivity index (χ3n) is 4.30. The number of rotatable bonds is 6. The molecule has 1 aromatic rings. The molecule has 1 N–H and O–H groups in total. The molecule has 0 heterocycles. The van der Waals surface area contributed by atoms with Crippen molar-refractivity contribution in [1.82, 2.24) is 5.43 Å². The van der Waals surface area contributed by atoms with E-state index < -0.39 is 15.9 Å². The van der Waals surface area contributed by atoms with Crippen LogP contribution in [0.3, 0.4) is 0 Å². The van der Waals surface area contributed by atoms with Crippen molar-refractivity contribution in [3.05, 3.63) is 29.8 Å². The number of sulfonamides is 1. The molecule has 0 saturated heterocycles. The molecule has 1 amide bonds. The van der Waals surface area contributed by atoms with Gasteiger partial charge < -0.3 is 0 Å². The summed E-state index contributed by atoms with van der Waals surface area (Å²) in [6.07, 6.45) is 6.27. The highest BCUT2D eigenvalue weighted by molar-refractivity contribution is 7.92. The number of nitrogens with zero attached hydrogens (tertiary/aromatic N) is 2. The van der Waals surface area contributed by atoms with E-state index in [0.717, 1.165) is 47.5 Å². The average Bonchev–Trinajstić information content (AvgIpc) is 2.58. The molecular formula is C18H27N3O3S. The van der Waals surface area contributed by atoms with Gasteiger partial charge >= 0.3 is 0 Å². The van der Waals surface area contributed by atoms with E-state index in [9.17, 15) is 13.2 Å². The smallest absolute Gasteiger partial charge is 0.260 e. The lowest BCUT2D eigenvalue weighted by molar-refractivity contribution is -0.119. The Morgan fingerprint density at radius 1 is 1.16 bits per heavy atom. The summed E-state index contributed by atoms with van der Waals surface area (Å²) in [4.78, 5) is 12.2. The quantitative estimate of drug-likeness (QED) is 0.787. The van der Waals surface area contributed by atoms with Gasteiger partial charge in [-0.15, -0.1) is 0 Å². The second-order valence-corrected chi connectivity index (χ2v) is 8.70. The van der Waals surface area contributed by atoms with Crippen LogP contribution in [-0.2, 0) is 14.8 Å². The van der Waals surface area contributed by atoms with Crippen LogP contribution in [-0.4, -0.2) is 32.8 Å². The molecule has 0 unspecified atom stereocenters. The number of amides is 1. The van der Waals surface area contributed by atoms with Gasteiger partial charge in [0.25, 0.3) is 5.91 Å². The molecule has 25 heavy (non-hydrogen) atoms. The summed E-state index contributed by atoms with van der Waals surface area (Å²) < 4.78 is 25.3. The lowest BCUT2D eigenvalue weighted by Crippen LogP contribution is -2.39. The number of carbonyl (C=O) groups is 1. The molecule has 1 saturated carbocycles. The number of anilines is 1. The number of nitrogens with one attached hydrogen (secondary N) is 1. The highest BCUT2D eigenvalue weighted by atomic mass is 32.2. The Morgan fingerprint density at radius 3 is 2.28 bits per heavy atom. The summed E-state index contributed by atoms with van der Waals surface area (Å²) in [5.74, 6) is -0.0771. The second-order valence-electron chi connectivity index (χ2n) is 6.79. The zero-order chi connectivity index (χ0) is 18.4. The van der Waals surface area contributed by atoms with E-state index in [1.807, 2.05) is 12.1 Å². The molecule has 1 aliphatic carbocycles. The molecule has 138 valence electrons. The molecule has 0 bridgehead atoms. The minimum absolute atomic E-state index is 0.281. The Balaban J connectivity index is 2.08. The zero-order valence-corrected chi connectivity index (χ0v) is 16.0. The molecule has 7 heteroatoms. The van der Waals surface area contributed by atoms with Gasteiger partial charge in [-0.3, -0.25) is 9.10 Å². The van der Waals surface area contributed by atoms with Gasteiger partial charge in [-0.25, -0.2) is 13.8 Å². The van der Waals surface area contributed by atoms with Crippen LogP contribution in [0.25, 0.3) is 0 Å². The van der Waals surface area contributed by atoms with Gasteiger partial charge in [0, 0.05) is 5.71 Å². The summed E-state index contributed by atoms with van der Waals surface area (Å²) >= 11 is 0. The number of hydrogen-bond donors (Lipinski definition) is 1. The van der Waals surface area contributed by atoms with Crippen LogP contribution >= 0.6 is 0 Å². The van der Waals surface area contributed by atoms with Gasteiger partial charge in [-0.1, -0.05) is 32.4 Å². The van der Waals surface area contributed by atoms with E-state index in [0.29, 0.717) is 11.6 Å². The standard InChI is InChI=1S/C18H27N3O3S/c1-14(2)15-9-11-17(12-10-15)21(25(3,23)24)13-18(22)20-19-16-7-5-4-6-8-16/h9-12,14H,4-8,13H2,1-3H3,(H,20,22).